The predicted octanol–water partition coefficient (Wildman–Crippen LogP) is 1.01. The number of benzene rings is 1. The first kappa shape index (κ1) is 15.4. The molecule has 0 aromatic heterocycles. The fraction of sp³-hybridized carbons (Fsp3) is 0.562. The summed E-state index contributed by atoms with van der Waals surface area (Å²) in [6.07, 6.45) is 0.734. The van der Waals surface area contributed by atoms with Crippen LogP contribution in [0.25, 0.3) is 0 Å². The lowest BCUT2D eigenvalue weighted by atomic mass is 10.1. The average molecular weight is 309 g/mol. The van der Waals surface area contributed by atoms with E-state index in [1.165, 1.54) is 18.2 Å². The summed E-state index contributed by atoms with van der Waals surface area (Å²) in [5.41, 5.74) is -0.127. The number of carbonyl (C=O) groups excluding carboxylic acids is 1. The summed E-state index contributed by atoms with van der Waals surface area (Å²) in [5.74, 6) is -1.49. The maximum atomic E-state index is 13.6. The van der Waals surface area contributed by atoms with Crippen LogP contribution in [0.3, 0.4) is 0 Å². The zero-order valence-electron chi connectivity index (χ0n) is 12.5. The van der Waals surface area contributed by atoms with Crippen LogP contribution in [0.5, 0.6) is 0 Å². The largest absolute Gasteiger partial charge is 0.341 e. The molecule has 2 fully saturated rings. The number of piperazine rings is 1. The van der Waals surface area contributed by atoms with E-state index in [4.69, 9.17) is 0 Å². The van der Waals surface area contributed by atoms with Crippen LogP contribution in [0.15, 0.2) is 18.2 Å². The van der Waals surface area contributed by atoms with Crippen molar-refractivity contribution < 1.29 is 13.6 Å². The minimum absolute atomic E-state index is 0.127. The van der Waals surface area contributed by atoms with Gasteiger partial charge in [0.2, 0.25) is 5.91 Å². The number of hydrogen-bond acceptors (Lipinski definition) is 3. The van der Waals surface area contributed by atoms with E-state index in [-0.39, 0.29) is 17.9 Å². The molecule has 1 amide bonds. The van der Waals surface area contributed by atoms with Crippen LogP contribution in [0, 0.1) is 11.6 Å². The zero-order valence-corrected chi connectivity index (χ0v) is 12.5. The van der Waals surface area contributed by atoms with Crippen molar-refractivity contribution in [1.29, 1.82) is 0 Å². The number of hydrogen-bond donors (Lipinski definition) is 1. The summed E-state index contributed by atoms with van der Waals surface area (Å²) in [4.78, 5) is 16.4. The van der Waals surface area contributed by atoms with Crippen molar-refractivity contribution in [2.75, 3.05) is 39.3 Å². The molecule has 1 aromatic carbocycles. The molecule has 3 rings (SSSR count). The van der Waals surface area contributed by atoms with Gasteiger partial charge in [0.05, 0.1) is 6.42 Å². The van der Waals surface area contributed by atoms with E-state index in [0.29, 0.717) is 19.1 Å². The Balaban J connectivity index is 1.59. The molecule has 1 N–H and O–H groups in total. The van der Waals surface area contributed by atoms with Gasteiger partial charge < -0.3 is 10.2 Å². The topological polar surface area (TPSA) is 35.6 Å². The molecule has 1 unspecified atom stereocenters. The third kappa shape index (κ3) is 3.28. The highest BCUT2D eigenvalue weighted by atomic mass is 19.1. The lowest BCUT2D eigenvalue weighted by Crippen LogP contribution is -2.49. The zero-order chi connectivity index (χ0) is 15.5. The monoisotopic (exact) mass is 309 g/mol. The van der Waals surface area contributed by atoms with E-state index < -0.39 is 11.6 Å². The smallest absolute Gasteiger partial charge is 0.227 e. The van der Waals surface area contributed by atoms with E-state index in [1.807, 2.05) is 0 Å². The molecule has 1 aromatic rings. The van der Waals surface area contributed by atoms with Crippen molar-refractivity contribution in [2.24, 2.45) is 0 Å². The highest BCUT2D eigenvalue weighted by molar-refractivity contribution is 5.79. The van der Waals surface area contributed by atoms with Crippen LogP contribution in [-0.4, -0.2) is 61.0 Å². The first-order valence-corrected chi connectivity index (χ1v) is 7.80. The number of carbonyl (C=O) groups is 1. The van der Waals surface area contributed by atoms with Gasteiger partial charge in [0, 0.05) is 50.9 Å². The first-order valence-electron chi connectivity index (χ1n) is 7.80. The minimum atomic E-state index is -0.647. The molecule has 0 bridgehead atoms. The van der Waals surface area contributed by atoms with Gasteiger partial charge in [-0.3, -0.25) is 9.69 Å². The van der Waals surface area contributed by atoms with Crippen LogP contribution in [0.2, 0.25) is 0 Å². The SMILES string of the molecule is O=C(Cc1c(F)cccc1F)N1CCC(N2CCNCC2)C1. The van der Waals surface area contributed by atoms with Gasteiger partial charge >= 0.3 is 0 Å². The van der Waals surface area contributed by atoms with Gasteiger partial charge in [-0.2, -0.15) is 0 Å². The average Bonchev–Trinajstić information content (AvgIpc) is 3.02. The summed E-state index contributed by atoms with van der Waals surface area (Å²) in [7, 11) is 0. The molecule has 120 valence electrons. The van der Waals surface area contributed by atoms with Crippen molar-refractivity contribution in [3.05, 3.63) is 35.4 Å². The Hall–Kier alpha value is -1.53. The van der Waals surface area contributed by atoms with E-state index >= 15 is 0 Å². The van der Waals surface area contributed by atoms with Crippen LogP contribution >= 0.6 is 0 Å². The molecule has 6 heteroatoms. The third-order valence-corrected chi connectivity index (χ3v) is 4.57. The number of halogens is 2. The van der Waals surface area contributed by atoms with Gasteiger partial charge in [-0.1, -0.05) is 6.07 Å². The Bertz CT molecular complexity index is 526. The molecule has 0 aliphatic carbocycles. The van der Waals surface area contributed by atoms with Gasteiger partial charge in [-0.05, 0) is 18.6 Å². The molecule has 2 heterocycles. The first-order chi connectivity index (χ1) is 10.6. The second-order valence-corrected chi connectivity index (χ2v) is 5.95. The molecule has 1 atom stereocenters. The number of nitrogens with zero attached hydrogens (tertiary/aromatic N) is 2. The Labute approximate surface area is 129 Å². The van der Waals surface area contributed by atoms with E-state index in [0.717, 1.165) is 32.6 Å². The van der Waals surface area contributed by atoms with E-state index in [2.05, 4.69) is 10.2 Å². The molecular formula is C16H21F2N3O. The summed E-state index contributed by atoms with van der Waals surface area (Å²) in [5, 5.41) is 3.31. The van der Waals surface area contributed by atoms with Crippen molar-refractivity contribution in [3.8, 4) is 0 Å². The fourth-order valence-corrected chi connectivity index (χ4v) is 3.28. The van der Waals surface area contributed by atoms with Crippen LogP contribution in [0.1, 0.15) is 12.0 Å². The number of rotatable bonds is 3. The van der Waals surface area contributed by atoms with Gasteiger partial charge in [0.25, 0.3) is 0 Å². The highest BCUT2D eigenvalue weighted by Gasteiger charge is 2.31. The number of likely N-dealkylation sites (tertiary alicyclic amines) is 1. The van der Waals surface area contributed by atoms with Gasteiger partial charge in [-0.25, -0.2) is 8.78 Å². The van der Waals surface area contributed by atoms with Crippen molar-refractivity contribution in [2.45, 2.75) is 18.9 Å². The summed E-state index contributed by atoms with van der Waals surface area (Å²) >= 11 is 0. The molecule has 0 radical (unpaired) electrons. The molecule has 2 aliphatic heterocycles. The Morgan fingerprint density at radius 2 is 1.86 bits per heavy atom. The molecule has 22 heavy (non-hydrogen) atoms. The van der Waals surface area contributed by atoms with Crippen molar-refractivity contribution >= 4 is 5.91 Å². The number of nitrogens with one attached hydrogen (secondary N) is 1. The van der Waals surface area contributed by atoms with Gasteiger partial charge in [0.15, 0.2) is 0 Å². The predicted molar refractivity (Wildman–Crippen MR) is 79.5 cm³/mol. The summed E-state index contributed by atoms with van der Waals surface area (Å²) in [6.45, 7) is 5.28. The quantitative estimate of drug-likeness (QED) is 0.905. The maximum absolute atomic E-state index is 13.6. The van der Waals surface area contributed by atoms with E-state index in [1.54, 1.807) is 4.90 Å². The Morgan fingerprint density at radius 3 is 2.55 bits per heavy atom. The Morgan fingerprint density at radius 1 is 1.18 bits per heavy atom. The summed E-state index contributed by atoms with van der Waals surface area (Å²) in [6, 6.07) is 4.07. The molecule has 2 saturated heterocycles. The molecule has 0 saturated carbocycles. The second kappa shape index (κ2) is 6.71. The molecule has 4 nitrogen and oxygen atoms in total. The van der Waals surface area contributed by atoms with Crippen molar-refractivity contribution in [3.63, 3.8) is 0 Å². The van der Waals surface area contributed by atoms with Crippen LogP contribution < -0.4 is 5.32 Å². The second-order valence-electron chi connectivity index (χ2n) is 5.95. The molecular weight excluding hydrogens is 288 g/mol. The third-order valence-electron chi connectivity index (χ3n) is 4.57. The minimum Gasteiger partial charge on any atom is -0.341 e. The maximum Gasteiger partial charge on any atom is 0.227 e. The Kier molecular flexibility index (Phi) is 4.69. The summed E-state index contributed by atoms with van der Waals surface area (Å²) < 4.78 is 27.3. The van der Waals surface area contributed by atoms with E-state index in [9.17, 15) is 13.6 Å². The van der Waals surface area contributed by atoms with Crippen molar-refractivity contribution in [1.82, 2.24) is 15.1 Å². The van der Waals surface area contributed by atoms with Crippen LogP contribution in [-0.2, 0) is 11.2 Å². The van der Waals surface area contributed by atoms with Gasteiger partial charge in [-0.15, -0.1) is 0 Å². The lowest BCUT2D eigenvalue weighted by Gasteiger charge is -2.32. The normalized spacial score (nSPS) is 23.0. The van der Waals surface area contributed by atoms with Gasteiger partial charge in [0.1, 0.15) is 11.6 Å². The fourth-order valence-electron chi connectivity index (χ4n) is 3.28. The molecule has 2 aliphatic rings. The molecule has 0 spiro atoms. The highest BCUT2D eigenvalue weighted by Crippen LogP contribution is 2.19. The number of amides is 1. The standard InChI is InChI=1S/C16H21F2N3O/c17-14-2-1-3-15(18)13(14)10-16(22)21-7-4-12(11-21)20-8-5-19-6-9-20/h1-3,12,19H,4-11H2. The lowest BCUT2D eigenvalue weighted by molar-refractivity contribution is -0.129. The van der Waals surface area contributed by atoms with Crippen LogP contribution in [0.4, 0.5) is 8.78 Å².